The van der Waals surface area contributed by atoms with Crippen LogP contribution in [0.3, 0.4) is 0 Å². The van der Waals surface area contributed by atoms with E-state index in [2.05, 4.69) is 15.2 Å². The van der Waals surface area contributed by atoms with Gasteiger partial charge in [-0.1, -0.05) is 6.07 Å². The van der Waals surface area contributed by atoms with E-state index in [0.717, 1.165) is 0 Å². The second kappa shape index (κ2) is 4.43. The molecule has 1 N–H and O–H groups in total. The standard InChI is InChI=1S/C10H10N4O2/c1-16-9-4-2-3-8(10(9)15)5-12-14-7-11-6-13-14/h2-7,15H,1H3/b12-5-. The number of hydrogen-bond acceptors (Lipinski definition) is 5. The summed E-state index contributed by atoms with van der Waals surface area (Å²) in [4.78, 5) is 5.03. The van der Waals surface area contributed by atoms with Gasteiger partial charge in [-0.3, -0.25) is 0 Å². The quantitative estimate of drug-likeness (QED) is 0.776. The highest BCUT2D eigenvalue weighted by atomic mass is 16.5. The van der Waals surface area contributed by atoms with Gasteiger partial charge in [0.25, 0.3) is 0 Å². The first-order valence-electron chi connectivity index (χ1n) is 4.56. The molecule has 0 atom stereocenters. The fraction of sp³-hybridized carbons (Fsp3) is 0.100. The Labute approximate surface area is 91.8 Å². The smallest absolute Gasteiger partial charge is 0.166 e. The van der Waals surface area contributed by atoms with E-state index in [1.54, 1.807) is 18.2 Å². The van der Waals surface area contributed by atoms with Crippen molar-refractivity contribution in [2.75, 3.05) is 7.11 Å². The molecule has 0 unspecified atom stereocenters. The van der Waals surface area contributed by atoms with Crippen LogP contribution >= 0.6 is 0 Å². The summed E-state index contributed by atoms with van der Waals surface area (Å²) >= 11 is 0. The second-order valence-electron chi connectivity index (χ2n) is 2.96. The first-order chi connectivity index (χ1) is 7.81. The van der Waals surface area contributed by atoms with Crippen molar-refractivity contribution in [3.05, 3.63) is 36.4 Å². The van der Waals surface area contributed by atoms with E-state index < -0.39 is 0 Å². The monoisotopic (exact) mass is 218 g/mol. The maximum atomic E-state index is 9.76. The van der Waals surface area contributed by atoms with Crippen LogP contribution in [0.15, 0.2) is 36.0 Å². The van der Waals surface area contributed by atoms with Gasteiger partial charge in [-0.2, -0.15) is 5.10 Å². The highest BCUT2D eigenvalue weighted by Crippen LogP contribution is 2.27. The van der Waals surface area contributed by atoms with E-state index in [0.29, 0.717) is 11.3 Å². The minimum absolute atomic E-state index is 0.0499. The topological polar surface area (TPSA) is 72.5 Å². The number of nitrogens with zero attached hydrogens (tertiary/aromatic N) is 4. The molecule has 0 fully saturated rings. The van der Waals surface area contributed by atoms with Gasteiger partial charge in [0.2, 0.25) is 0 Å². The molecular weight excluding hydrogens is 208 g/mol. The lowest BCUT2D eigenvalue weighted by molar-refractivity contribution is 0.373. The fourth-order valence-electron chi connectivity index (χ4n) is 1.19. The largest absolute Gasteiger partial charge is 0.504 e. The van der Waals surface area contributed by atoms with Gasteiger partial charge in [-0.15, -0.1) is 9.89 Å². The average Bonchev–Trinajstić information content (AvgIpc) is 2.81. The second-order valence-corrected chi connectivity index (χ2v) is 2.96. The molecule has 0 aliphatic carbocycles. The van der Waals surface area contributed by atoms with Crippen molar-refractivity contribution in [1.29, 1.82) is 0 Å². The molecule has 1 heterocycles. The molecule has 0 radical (unpaired) electrons. The van der Waals surface area contributed by atoms with Crippen LogP contribution in [-0.4, -0.2) is 33.3 Å². The summed E-state index contributed by atoms with van der Waals surface area (Å²) in [5.41, 5.74) is 0.551. The Morgan fingerprint density at radius 2 is 2.38 bits per heavy atom. The molecule has 1 aromatic carbocycles. The molecule has 2 rings (SSSR count). The van der Waals surface area contributed by atoms with Gasteiger partial charge in [0.1, 0.15) is 12.7 Å². The molecule has 6 nitrogen and oxygen atoms in total. The molecule has 16 heavy (non-hydrogen) atoms. The minimum atomic E-state index is 0.0499. The van der Waals surface area contributed by atoms with E-state index in [4.69, 9.17) is 4.74 Å². The summed E-state index contributed by atoms with van der Waals surface area (Å²) < 4.78 is 4.98. The molecule has 0 bridgehead atoms. The van der Waals surface area contributed by atoms with Crippen LogP contribution < -0.4 is 4.74 Å². The number of benzene rings is 1. The van der Waals surface area contributed by atoms with Crippen LogP contribution in [0.25, 0.3) is 0 Å². The zero-order valence-electron chi connectivity index (χ0n) is 8.61. The van der Waals surface area contributed by atoms with Gasteiger partial charge in [-0.05, 0) is 12.1 Å². The lowest BCUT2D eigenvalue weighted by Gasteiger charge is -2.04. The lowest BCUT2D eigenvalue weighted by atomic mass is 10.2. The van der Waals surface area contributed by atoms with Gasteiger partial charge in [0.05, 0.1) is 13.3 Å². The van der Waals surface area contributed by atoms with Crippen LogP contribution in [0.2, 0.25) is 0 Å². The summed E-state index contributed by atoms with van der Waals surface area (Å²) in [5, 5.41) is 17.5. The van der Waals surface area contributed by atoms with Crippen molar-refractivity contribution < 1.29 is 9.84 Å². The molecule has 0 amide bonds. The van der Waals surface area contributed by atoms with E-state index in [9.17, 15) is 5.11 Å². The summed E-state index contributed by atoms with van der Waals surface area (Å²) in [6.07, 6.45) is 4.31. The number of hydrogen-bond donors (Lipinski definition) is 1. The minimum Gasteiger partial charge on any atom is -0.504 e. The van der Waals surface area contributed by atoms with Crippen LogP contribution in [0.4, 0.5) is 0 Å². The number of phenols is 1. The number of methoxy groups -OCH3 is 1. The SMILES string of the molecule is COc1cccc(/C=N\n2cncn2)c1O. The Bertz CT molecular complexity index is 494. The summed E-state index contributed by atoms with van der Waals surface area (Å²) in [6, 6.07) is 5.15. The van der Waals surface area contributed by atoms with Gasteiger partial charge in [0, 0.05) is 5.56 Å². The molecule has 0 saturated carbocycles. The molecule has 6 heteroatoms. The zero-order valence-corrected chi connectivity index (χ0v) is 8.61. The van der Waals surface area contributed by atoms with Crippen LogP contribution in [-0.2, 0) is 0 Å². The maximum Gasteiger partial charge on any atom is 0.166 e. The maximum absolute atomic E-state index is 9.76. The lowest BCUT2D eigenvalue weighted by Crippen LogP contribution is -1.92. The molecule has 2 aromatic rings. The van der Waals surface area contributed by atoms with Gasteiger partial charge in [0.15, 0.2) is 11.5 Å². The van der Waals surface area contributed by atoms with Gasteiger partial charge in [-0.25, -0.2) is 4.98 Å². The number of aromatic hydroxyl groups is 1. The van der Waals surface area contributed by atoms with E-state index in [-0.39, 0.29) is 5.75 Å². The highest BCUT2D eigenvalue weighted by molar-refractivity contribution is 5.84. The first kappa shape index (κ1) is 10.2. The number of para-hydroxylation sites is 1. The third kappa shape index (κ3) is 2.00. The van der Waals surface area contributed by atoms with E-state index >= 15 is 0 Å². The molecule has 0 aliphatic heterocycles. The van der Waals surface area contributed by atoms with Gasteiger partial charge >= 0.3 is 0 Å². The average molecular weight is 218 g/mol. The van der Waals surface area contributed by atoms with Crippen LogP contribution in [0.5, 0.6) is 11.5 Å². The molecule has 0 spiro atoms. The molecule has 1 aromatic heterocycles. The zero-order chi connectivity index (χ0) is 11.4. The Hall–Kier alpha value is -2.37. The summed E-state index contributed by atoms with van der Waals surface area (Å²) in [6.45, 7) is 0. The normalized spacial score (nSPS) is 10.8. The third-order valence-corrected chi connectivity index (χ3v) is 1.97. The van der Waals surface area contributed by atoms with E-state index in [1.807, 2.05) is 0 Å². The molecule has 0 aliphatic rings. The molecule has 0 saturated heterocycles. The fourth-order valence-corrected chi connectivity index (χ4v) is 1.19. The predicted molar refractivity (Wildman–Crippen MR) is 57.7 cm³/mol. The predicted octanol–water partition coefficient (Wildman–Crippen LogP) is 0.874. The Morgan fingerprint density at radius 3 is 3.06 bits per heavy atom. The Kier molecular flexibility index (Phi) is 2.81. The van der Waals surface area contributed by atoms with Crippen LogP contribution in [0.1, 0.15) is 5.56 Å². The van der Waals surface area contributed by atoms with Gasteiger partial charge < -0.3 is 9.84 Å². The number of rotatable bonds is 3. The Balaban J connectivity index is 2.28. The van der Waals surface area contributed by atoms with Crippen LogP contribution in [0, 0.1) is 0 Å². The molecular formula is C10H10N4O2. The number of aromatic nitrogens is 3. The highest BCUT2D eigenvalue weighted by Gasteiger charge is 2.04. The van der Waals surface area contributed by atoms with Crippen molar-refractivity contribution >= 4 is 6.21 Å². The van der Waals surface area contributed by atoms with Crippen molar-refractivity contribution in [3.63, 3.8) is 0 Å². The van der Waals surface area contributed by atoms with Crippen molar-refractivity contribution in [1.82, 2.24) is 14.9 Å². The third-order valence-electron chi connectivity index (χ3n) is 1.97. The Morgan fingerprint density at radius 1 is 1.50 bits per heavy atom. The first-order valence-corrected chi connectivity index (χ1v) is 4.56. The number of phenolic OH excluding ortho intramolecular Hbond substituents is 1. The van der Waals surface area contributed by atoms with E-state index in [1.165, 1.54) is 30.8 Å². The summed E-state index contributed by atoms with van der Waals surface area (Å²) in [7, 11) is 1.49. The van der Waals surface area contributed by atoms with Crippen molar-refractivity contribution in [2.45, 2.75) is 0 Å². The summed E-state index contributed by atoms with van der Waals surface area (Å²) in [5.74, 6) is 0.455. The van der Waals surface area contributed by atoms with Crippen molar-refractivity contribution in [2.24, 2.45) is 5.10 Å². The molecule has 82 valence electrons. The van der Waals surface area contributed by atoms with Crippen molar-refractivity contribution in [3.8, 4) is 11.5 Å². The number of ether oxygens (including phenoxy) is 1.